The van der Waals surface area contributed by atoms with Gasteiger partial charge in [0, 0.05) is 24.4 Å². The second kappa shape index (κ2) is 5.36. The number of hydrogen-bond donors (Lipinski definition) is 1. The monoisotopic (exact) mass is 206 g/mol. The van der Waals surface area contributed by atoms with E-state index in [2.05, 4.69) is 4.98 Å². The molecule has 0 bridgehead atoms. The normalized spacial score (nSPS) is 12.1. The molecular weight excluding hydrogens is 192 g/mol. The van der Waals surface area contributed by atoms with Crippen LogP contribution in [0.15, 0.2) is 24.5 Å². The van der Waals surface area contributed by atoms with E-state index < -0.39 is 6.04 Å². The minimum Gasteiger partial charge on any atom is -0.315 e. The lowest BCUT2D eigenvalue weighted by atomic mass is 10.0. The van der Waals surface area contributed by atoms with Crippen LogP contribution in [0.4, 0.5) is 0 Å². The van der Waals surface area contributed by atoms with Gasteiger partial charge in [0.15, 0.2) is 11.6 Å². The predicted molar refractivity (Wildman–Crippen MR) is 56.5 cm³/mol. The van der Waals surface area contributed by atoms with Gasteiger partial charge < -0.3 is 5.73 Å². The zero-order valence-electron chi connectivity index (χ0n) is 8.64. The van der Waals surface area contributed by atoms with E-state index in [0.717, 1.165) is 0 Å². The number of aromatic nitrogens is 1. The summed E-state index contributed by atoms with van der Waals surface area (Å²) in [6.07, 6.45) is 4.06. The molecule has 1 rings (SSSR count). The molecule has 0 aliphatic rings. The first-order chi connectivity index (χ1) is 7.16. The molecule has 0 aromatic carbocycles. The maximum atomic E-state index is 11.7. The summed E-state index contributed by atoms with van der Waals surface area (Å²) in [6.45, 7) is 1.88. The fraction of sp³-hybridized carbons (Fsp3) is 0.364. The highest BCUT2D eigenvalue weighted by Gasteiger charge is 2.21. The maximum absolute atomic E-state index is 11.7. The van der Waals surface area contributed by atoms with Gasteiger partial charge >= 0.3 is 0 Å². The van der Waals surface area contributed by atoms with E-state index in [0.29, 0.717) is 18.4 Å². The minimum atomic E-state index is -1.03. The molecule has 0 aliphatic heterocycles. The number of carbonyl (C=O) groups excluding carboxylic acids is 2. The quantitative estimate of drug-likeness (QED) is 0.575. The van der Waals surface area contributed by atoms with Gasteiger partial charge in [-0.1, -0.05) is 6.92 Å². The van der Waals surface area contributed by atoms with Gasteiger partial charge in [0.2, 0.25) is 0 Å². The van der Waals surface area contributed by atoms with Crippen LogP contribution >= 0.6 is 0 Å². The first-order valence-electron chi connectivity index (χ1n) is 4.89. The maximum Gasteiger partial charge on any atom is 0.187 e. The van der Waals surface area contributed by atoms with Crippen LogP contribution in [0.2, 0.25) is 0 Å². The van der Waals surface area contributed by atoms with Crippen molar-refractivity contribution in [1.29, 1.82) is 0 Å². The number of carbonyl (C=O) groups is 2. The predicted octanol–water partition coefficient (Wildman–Crippen LogP) is 0.961. The molecule has 0 saturated heterocycles. The van der Waals surface area contributed by atoms with Crippen molar-refractivity contribution in [3.05, 3.63) is 30.1 Å². The van der Waals surface area contributed by atoms with Crippen LogP contribution in [-0.4, -0.2) is 22.6 Å². The summed E-state index contributed by atoms with van der Waals surface area (Å²) >= 11 is 0. The fourth-order valence-corrected chi connectivity index (χ4v) is 1.24. The van der Waals surface area contributed by atoms with Crippen molar-refractivity contribution in [2.24, 2.45) is 5.73 Å². The fourth-order valence-electron chi connectivity index (χ4n) is 1.24. The van der Waals surface area contributed by atoms with Gasteiger partial charge in [-0.2, -0.15) is 0 Å². The number of ketones is 2. The Morgan fingerprint density at radius 2 is 2.00 bits per heavy atom. The SMILES string of the molecule is CCCC(=O)C(N)C(=O)c1ccncc1. The number of pyridine rings is 1. The summed E-state index contributed by atoms with van der Waals surface area (Å²) in [5.74, 6) is -0.546. The average molecular weight is 206 g/mol. The summed E-state index contributed by atoms with van der Waals surface area (Å²) < 4.78 is 0. The number of nitrogens with zero attached hydrogens (tertiary/aromatic N) is 1. The third-order valence-corrected chi connectivity index (χ3v) is 2.09. The van der Waals surface area contributed by atoms with Crippen molar-refractivity contribution in [3.8, 4) is 0 Å². The summed E-state index contributed by atoms with van der Waals surface area (Å²) in [5.41, 5.74) is 5.99. The molecule has 0 saturated carbocycles. The lowest BCUT2D eigenvalue weighted by Crippen LogP contribution is -2.38. The molecule has 0 aliphatic carbocycles. The molecule has 0 amide bonds. The number of rotatable bonds is 5. The van der Waals surface area contributed by atoms with Crippen molar-refractivity contribution in [2.75, 3.05) is 0 Å². The summed E-state index contributed by atoms with van der Waals surface area (Å²) in [4.78, 5) is 26.9. The van der Waals surface area contributed by atoms with Crippen LogP contribution in [0.3, 0.4) is 0 Å². The Kier molecular flexibility index (Phi) is 4.12. The third kappa shape index (κ3) is 2.95. The Morgan fingerprint density at radius 1 is 1.40 bits per heavy atom. The second-order valence-electron chi connectivity index (χ2n) is 3.29. The highest BCUT2D eigenvalue weighted by atomic mass is 16.2. The van der Waals surface area contributed by atoms with Crippen LogP contribution in [0, 0.1) is 0 Å². The average Bonchev–Trinajstić information content (AvgIpc) is 2.28. The molecule has 0 spiro atoms. The Hall–Kier alpha value is -1.55. The van der Waals surface area contributed by atoms with Gasteiger partial charge in [-0.3, -0.25) is 14.6 Å². The molecule has 80 valence electrons. The molecule has 4 heteroatoms. The Morgan fingerprint density at radius 3 is 2.53 bits per heavy atom. The van der Waals surface area contributed by atoms with Crippen molar-refractivity contribution in [2.45, 2.75) is 25.8 Å². The topological polar surface area (TPSA) is 73.1 Å². The van der Waals surface area contributed by atoms with Crippen molar-refractivity contribution in [1.82, 2.24) is 4.98 Å². The standard InChI is InChI=1S/C11H14N2O2/c1-2-3-9(14)10(12)11(15)8-4-6-13-7-5-8/h4-7,10H,2-3,12H2,1H3. The van der Waals surface area contributed by atoms with Crippen LogP contribution < -0.4 is 5.73 Å². The van der Waals surface area contributed by atoms with Crippen LogP contribution in [0.25, 0.3) is 0 Å². The lowest BCUT2D eigenvalue weighted by Gasteiger charge is -2.08. The third-order valence-electron chi connectivity index (χ3n) is 2.09. The summed E-state index contributed by atoms with van der Waals surface area (Å²) in [5, 5.41) is 0. The van der Waals surface area contributed by atoms with Crippen LogP contribution in [0.5, 0.6) is 0 Å². The van der Waals surface area contributed by atoms with Gasteiger partial charge in [-0.05, 0) is 18.6 Å². The minimum absolute atomic E-state index is 0.209. The summed E-state index contributed by atoms with van der Waals surface area (Å²) in [6, 6.07) is 2.08. The molecule has 0 radical (unpaired) electrons. The van der Waals surface area contributed by atoms with Crippen molar-refractivity contribution < 1.29 is 9.59 Å². The van der Waals surface area contributed by atoms with Crippen molar-refractivity contribution in [3.63, 3.8) is 0 Å². The van der Waals surface area contributed by atoms with E-state index >= 15 is 0 Å². The molecule has 1 atom stereocenters. The highest BCUT2D eigenvalue weighted by Crippen LogP contribution is 2.03. The first-order valence-corrected chi connectivity index (χ1v) is 4.89. The van der Waals surface area contributed by atoms with E-state index in [1.165, 1.54) is 12.4 Å². The van der Waals surface area contributed by atoms with E-state index in [1.807, 2.05) is 6.92 Å². The summed E-state index contributed by atoms with van der Waals surface area (Å²) in [7, 11) is 0. The van der Waals surface area contributed by atoms with Crippen LogP contribution in [0.1, 0.15) is 30.1 Å². The Balaban J connectivity index is 2.73. The molecule has 1 aromatic rings. The molecule has 15 heavy (non-hydrogen) atoms. The van der Waals surface area contributed by atoms with Crippen molar-refractivity contribution >= 4 is 11.6 Å². The number of nitrogens with two attached hydrogens (primary N) is 1. The molecule has 4 nitrogen and oxygen atoms in total. The lowest BCUT2D eigenvalue weighted by molar-refractivity contribution is -0.119. The molecule has 1 heterocycles. The van der Waals surface area contributed by atoms with E-state index in [1.54, 1.807) is 12.1 Å². The van der Waals surface area contributed by atoms with Crippen LogP contribution in [-0.2, 0) is 4.79 Å². The Labute approximate surface area is 88.5 Å². The number of Topliss-reactive ketones (excluding diaryl/α,β-unsaturated/α-hetero) is 2. The number of hydrogen-bond acceptors (Lipinski definition) is 4. The molecular formula is C11H14N2O2. The molecule has 1 unspecified atom stereocenters. The van der Waals surface area contributed by atoms with Gasteiger partial charge in [-0.25, -0.2) is 0 Å². The molecule has 0 fully saturated rings. The van der Waals surface area contributed by atoms with E-state index in [-0.39, 0.29) is 11.6 Å². The van der Waals surface area contributed by atoms with Gasteiger partial charge in [0.25, 0.3) is 0 Å². The zero-order valence-corrected chi connectivity index (χ0v) is 8.64. The smallest absolute Gasteiger partial charge is 0.187 e. The zero-order chi connectivity index (χ0) is 11.3. The highest BCUT2D eigenvalue weighted by molar-refractivity contribution is 6.13. The first kappa shape index (κ1) is 11.5. The van der Waals surface area contributed by atoms with E-state index in [9.17, 15) is 9.59 Å². The Bertz CT molecular complexity index is 349. The van der Waals surface area contributed by atoms with E-state index in [4.69, 9.17) is 5.73 Å². The van der Waals surface area contributed by atoms with Gasteiger partial charge in [0.1, 0.15) is 6.04 Å². The molecule has 2 N–H and O–H groups in total. The van der Waals surface area contributed by atoms with Gasteiger partial charge in [-0.15, -0.1) is 0 Å². The second-order valence-corrected chi connectivity index (χ2v) is 3.29. The largest absolute Gasteiger partial charge is 0.315 e. The molecule has 1 aromatic heterocycles. The van der Waals surface area contributed by atoms with Gasteiger partial charge in [0.05, 0.1) is 0 Å².